The SMILES string of the molecule is CC(=O)c1ccccc1NC(=O)[C@@H](C)OC(=O)c1ccsc1. The number of Topliss-reactive ketones (excluding diaryl/α,β-unsaturated/α-hetero) is 1. The number of carbonyl (C=O) groups is 3. The smallest absolute Gasteiger partial charge is 0.339 e. The molecule has 5 nitrogen and oxygen atoms in total. The largest absolute Gasteiger partial charge is 0.449 e. The lowest BCUT2D eigenvalue weighted by Gasteiger charge is -2.14. The number of amides is 1. The van der Waals surface area contributed by atoms with E-state index in [1.165, 1.54) is 25.2 Å². The first-order chi connectivity index (χ1) is 10.5. The second kappa shape index (κ2) is 7.00. The lowest BCUT2D eigenvalue weighted by atomic mass is 10.1. The van der Waals surface area contributed by atoms with E-state index in [1.807, 2.05) is 0 Å². The fourth-order valence-corrected chi connectivity index (χ4v) is 2.42. The Labute approximate surface area is 131 Å². The molecular weight excluding hydrogens is 302 g/mol. The highest BCUT2D eigenvalue weighted by molar-refractivity contribution is 7.08. The van der Waals surface area contributed by atoms with Crippen LogP contribution in [0.5, 0.6) is 0 Å². The highest BCUT2D eigenvalue weighted by atomic mass is 32.1. The third-order valence-electron chi connectivity index (χ3n) is 2.97. The highest BCUT2D eigenvalue weighted by Gasteiger charge is 2.20. The summed E-state index contributed by atoms with van der Waals surface area (Å²) in [4.78, 5) is 35.4. The van der Waals surface area contributed by atoms with E-state index in [1.54, 1.807) is 41.1 Å². The van der Waals surface area contributed by atoms with Gasteiger partial charge in [-0.2, -0.15) is 11.3 Å². The summed E-state index contributed by atoms with van der Waals surface area (Å²) in [6.45, 7) is 2.90. The number of anilines is 1. The van der Waals surface area contributed by atoms with Gasteiger partial charge in [0.25, 0.3) is 5.91 Å². The van der Waals surface area contributed by atoms with Crippen molar-refractivity contribution >= 4 is 34.7 Å². The lowest BCUT2D eigenvalue weighted by molar-refractivity contribution is -0.123. The van der Waals surface area contributed by atoms with Gasteiger partial charge in [-0.25, -0.2) is 4.79 Å². The van der Waals surface area contributed by atoms with Gasteiger partial charge in [-0.1, -0.05) is 12.1 Å². The molecule has 22 heavy (non-hydrogen) atoms. The predicted molar refractivity (Wildman–Crippen MR) is 84.3 cm³/mol. The Morgan fingerprint density at radius 1 is 1.18 bits per heavy atom. The normalized spacial score (nSPS) is 11.5. The quantitative estimate of drug-likeness (QED) is 0.679. The van der Waals surface area contributed by atoms with Crippen molar-refractivity contribution < 1.29 is 19.1 Å². The van der Waals surface area contributed by atoms with Crippen molar-refractivity contribution in [3.63, 3.8) is 0 Å². The van der Waals surface area contributed by atoms with Crippen LogP contribution < -0.4 is 5.32 Å². The molecule has 0 aliphatic rings. The van der Waals surface area contributed by atoms with Crippen LogP contribution in [0, 0.1) is 0 Å². The molecule has 0 aliphatic heterocycles. The van der Waals surface area contributed by atoms with Gasteiger partial charge in [0.1, 0.15) is 0 Å². The van der Waals surface area contributed by atoms with Gasteiger partial charge in [0, 0.05) is 10.9 Å². The number of hydrogen-bond donors (Lipinski definition) is 1. The minimum atomic E-state index is -0.965. The topological polar surface area (TPSA) is 72.5 Å². The maximum absolute atomic E-state index is 12.1. The van der Waals surface area contributed by atoms with Crippen molar-refractivity contribution in [2.45, 2.75) is 20.0 Å². The molecule has 114 valence electrons. The van der Waals surface area contributed by atoms with Gasteiger partial charge in [-0.15, -0.1) is 0 Å². The van der Waals surface area contributed by atoms with Gasteiger partial charge in [0.15, 0.2) is 11.9 Å². The van der Waals surface area contributed by atoms with Gasteiger partial charge >= 0.3 is 5.97 Å². The number of para-hydroxylation sites is 1. The third-order valence-corrected chi connectivity index (χ3v) is 3.66. The van der Waals surface area contributed by atoms with E-state index < -0.39 is 18.0 Å². The van der Waals surface area contributed by atoms with Crippen LogP contribution in [-0.2, 0) is 9.53 Å². The van der Waals surface area contributed by atoms with Gasteiger partial charge in [0.2, 0.25) is 0 Å². The van der Waals surface area contributed by atoms with Crippen molar-refractivity contribution in [3.8, 4) is 0 Å². The molecule has 1 atom stereocenters. The second-order valence-corrected chi connectivity index (χ2v) is 5.43. The highest BCUT2D eigenvalue weighted by Crippen LogP contribution is 2.16. The molecule has 0 bridgehead atoms. The van der Waals surface area contributed by atoms with Crippen molar-refractivity contribution in [1.82, 2.24) is 0 Å². The second-order valence-electron chi connectivity index (χ2n) is 4.65. The Morgan fingerprint density at radius 2 is 1.91 bits per heavy atom. The summed E-state index contributed by atoms with van der Waals surface area (Å²) in [7, 11) is 0. The minimum Gasteiger partial charge on any atom is -0.449 e. The van der Waals surface area contributed by atoms with E-state index in [0.717, 1.165) is 0 Å². The van der Waals surface area contributed by atoms with Crippen LogP contribution in [0.1, 0.15) is 34.6 Å². The van der Waals surface area contributed by atoms with Crippen LogP contribution in [0.2, 0.25) is 0 Å². The summed E-state index contributed by atoms with van der Waals surface area (Å²) < 4.78 is 5.10. The van der Waals surface area contributed by atoms with Gasteiger partial charge < -0.3 is 10.1 Å². The van der Waals surface area contributed by atoms with Crippen molar-refractivity contribution in [3.05, 3.63) is 52.2 Å². The molecular formula is C16H15NO4S. The van der Waals surface area contributed by atoms with Crippen LogP contribution in [0.15, 0.2) is 41.1 Å². The zero-order valence-corrected chi connectivity index (χ0v) is 13.0. The van der Waals surface area contributed by atoms with Gasteiger partial charge in [0.05, 0.1) is 11.3 Å². The molecule has 1 heterocycles. The van der Waals surface area contributed by atoms with Gasteiger partial charge in [-0.3, -0.25) is 9.59 Å². The first-order valence-corrected chi connectivity index (χ1v) is 7.57. The Morgan fingerprint density at radius 3 is 2.55 bits per heavy atom. The Kier molecular flexibility index (Phi) is 5.06. The summed E-state index contributed by atoms with van der Waals surface area (Å²) in [5.74, 6) is -1.19. The van der Waals surface area contributed by atoms with E-state index in [9.17, 15) is 14.4 Å². The summed E-state index contributed by atoms with van der Waals surface area (Å²) in [5.41, 5.74) is 1.22. The molecule has 1 N–H and O–H groups in total. The first-order valence-electron chi connectivity index (χ1n) is 6.63. The van der Waals surface area contributed by atoms with Gasteiger partial charge in [-0.05, 0) is 37.4 Å². The zero-order chi connectivity index (χ0) is 16.1. The molecule has 1 aromatic carbocycles. The maximum Gasteiger partial charge on any atom is 0.339 e. The molecule has 6 heteroatoms. The predicted octanol–water partition coefficient (Wildman–Crippen LogP) is 3.13. The number of esters is 1. The number of rotatable bonds is 5. The molecule has 2 aromatic rings. The lowest BCUT2D eigenvalue weighted by Crippen LogP contribution is -2.30. The van der Waals surface area contributed by atoms with E-state index in [-0.39, 0.29) is 5.78 Å². The Hall–Kier alpha value is -2.47. The molecule has 0 spiro atoms. The standard InChI is InChI=1S/C16H15NO4S/c1-10(18)13-5-3-4-6-14(13)17-15(19)11(2)21-16(20)12-7-8-22-9-12/h3-9,11H,1-2H3,(H,17,19)/t11-/m1/s1. The van der Waals surface area contributed by atoms with Crippen LogP contribution in [-0.4, -0.2) is 23.8 Å². The van der Waals surface area contributed by atoms with E-state index in [4.69, 9.17) is 4.74 Å². The average molecular weight is 317 g/mol. The Balaban J connectivity index is 2.03. The number of hydrogen-bond acceptors (Lipinski definition) is 5. The molecule has 0 unspecified atom stereocenters. The molecule has 0 saturated heterocycles. The third kappa shape index (κ3) is 3.79. The number of ketones is 1. The number of nitrogens with one attached hydrogen (secondary N) is 1. The Bertz CT molecular complexity index is 694. The summed E-state index contributed by atoms with van der Waals surface area (Å²) in [6.07, 6.45) is -0.965. The number of carbonyl (C=O) groups excluding carboxylic acids is 3. The molecule has 1 aromatic heterocycles. The molecule has 1 amide bonds. The van der Waals surface area contributed by atoms with E-state index in [0.29, 0.717) is 16.8 Å². The monoisotopic (exact) mass is 317 g/mol. The number of thiophene rings is 1. The van der Waals surface area contributed by atoms with Crippen molar-refractivity contribution in [2.75, 3.05) is 5.32 Å². The summed E-state index contributed by atoms with van der Waals surface area (Å²) in [5, 5.41) is 6.01. The number of ether oxygens (including phenoxy) is 1. The van der Waals surface area contributed by atoms with Crippen LogP contribution >= 0.6 is 11.3 Å². The minimum absolute atomic E-state index is 0.154. The fourth-order valence-electron chi connectivity index (χ4n) is 1.80. The van der Waals surface area contributed by atoms with Crippen LogP contribution in [0.3, 0.4) is 0 Å². The molecule has 0 radical (unpaired) electrons. The average Bonchev–Trinajstić information content (AvgIpc) is 3.01. The molecule has 0 aliphatic carbocycles. The summed E-state index contributed by atoms with van der Waals surface area (Å²) >= 11 is 1.37. The molecule has 0 saturated carbocycles. The van der Waals surface area contributed by atoms with Crippen LogP contribution in [0.25, 0.3) is 0 Å². The number of benzene rings is 1. The molecule has 2 rings (SSSR count). The fraction of sp³-hybridized carbons (Fsp3) is 0.188. The van der Waals surface area contributed by atoms with Crippen LogP contribution in [0.4, 0.5) is 5.69 Å². The maximum atomic E-state index is 12.1. The molecule has 0 fully saturated rings. The summed E-state index contributed by atoms with van der Waals surface area (Å²) in [6, 6.07) is 8.31. The first kappa shape index (κ1) is 15.9. The van der Waals surface area contributed by atoms with E-state index >= 15 is 0 Å². The van der Waals surface area contributed by atoms with Crippen molar-refractivity contribution in [1.29, 1.82) is 0 Å². The van der Waals surface area contributed by atoms with Crippen molar-refractivity contribution in [2.24, 2.45) is 0 Å². The zero-order valence-electron chi connectivity index (χ0n) is 12.2. The van der Waals surface area contributed by atoms with E-state index in [2.05, 4.69) is 5.32 Å².